The quantitative estimate of drug-likeness (QED) is 0.150. The van der Waals surface area contributed by atoms with Crippen LogP contribution in [0.3, 0.4) is 0 Å². The number of nitrogens with one attached hydrogen (secondary N) is 4. The molecule has 59 heavy (non-hydrogen) atoms. The van der Waals surface area contributed by atoms with Crippen LogP contribution in [0.5, 0.6) is 0 Å². The van der Waals surface area contributed by atoms with Gasteiger partial charge in [-0.05, 0) is 65.4 Å². The fourth-order valence-corrected chi connectivity index (χ4v) is 8.41. The fourth-order valence-electron chi connectivity index (χ4n) is 8.41. The molecule has 4 amide bonds. The molecule has 1 aromatic carbocycles. The van der Waals surface area contributed by atoms with Gasteiger partial charge >= 0.3 is 12.2 Å². The third-order valence-electron chi connectivity index (χ3n) is 11.7. The lowest BCUT2D eigenvalue weighted by molar-refractivity contribution is -0.136. The van der Waals surface area contributed by atoms with Gasteiger partial charge in [-0.1, -0.05) is 94.5 Å². The molecule has 5 atom stereocenters. The van der Waals surface area contributed by atoms with Crippen LogP contribution in [0.1, 0.15) is 88.4 Å². The SMILES string of the molecule is C=C1CC(c2ncc(-c3ccc(C4=CC5=CC=C(c6cnc(C7CCCN7C(=O)C(NC(=O)OC)C(C)C)[nH]6)CC5C=C4)cc3)[nH]2)N(C(=O)C(NC(=O)OC)C(C)C)C1. The minimum Gasteiger partial charge on any atom is -0.453 e. The number of hydrogen-bond donors (Lipinski definition) is 4. The highest BCUT2D eigenvalue weighted by Crippen LogP contribution is 2.39. The van der Waals surface area contributed by atoms with Gasteiger partial charge in [-0.15, -0.1) is 0 Å². The monoisotopic (exact) mass is 802 g/mol. The number of alkyl carbamates (subject to hydrolysis) is 2. The number of allylic oxidation sites excluding steroid dienone is 8. The zero-order valence-corrected chi connectivity index (χ0v) is 34.6. The van der Waals surface area contributed by atoms with Gasteiger partial charge in [-0.2, -0.15) is 0 Å². The molecule has 2 aromatic heterocycles. The van der Waals surface area contributed by atoms with E-state index >= 15 is 0 Å². The molecule has 0 spiro atoms. The van der Waals surface area contributed by atoms with Crippen LogP contribution in [0, 0.1) is 17.8 Å². The van der Waals surface area contributed by atoms with Gasteiger partial charge in [-0.25, -0.2) is 19.6 Å². The molecule has 3 aromatic rings. The molecule has 7 rings (SSSR count). The Morgan fingerprint density at radius 1 is 0.797 bits per heavy atom. The first-order chi connectivity index (χ1) is 28.3. The van der Waals surface area contributed by atoms with Crippen molar-refractivity contribution in [3.8, 4) is 11.3 Å². The zero-order chi connectivity index (χ0) is 42.0. The van der Waals surface area contributed by atoms with Crippen LogP contribution in [0.4, 0.5) is 9.59 Å². The summed E-state index contributed by atoms with van der Waals surface area (Å²) in [6, 6.07) is 6.42. The number of carbonyl (C=O) groups is 4. The topological polar surface area (TPSA) is 175 Å². The summed E-state index contributed by atoms with van der Waals surface area (Å²) >= 11 is 0. The van der Waals surface area contributed by atoms with Crippen LogP contribution in [-0.2, 0) is 19.1 Å². The Labute approximate surface area is 344 Å². The van der Waals surface area contributed by atoms with Gasteiger partial charge in [0.05, 0.1) is 50.1 Å². The lowest BCUT2D eigenvalue weighted by Gasteiger charge is -2.30. The molecular formula is C45H54N8O6. The summed E-state index contributed by atoms with van der Waals surface area (Å²) in [5.74, 6) is 1.08. The zero-order valence-electron chi connectivity index (χ0n) is 34.6. The van der Waals surface area contributed by atoms with E-state index in [1.165, 1.54) is 19.8 Å². The average molecular weight is 803 g/mol. The highest BCUT2D eigenvalue weighted by atomic mass is 16.5. The number of fused-ring (bicyclic) bond motifs is 1. The summed E-state index contributed by atoms with van der Waals surface area (Å²) in [6.07, 6.45) is 16.4. The third-order valence-corrected chi connectivity index (χ3v) is 11.7. The Balaban J connectivity index is 1.01. The number of carbonyl (C=O) groups excluding carboxylic acids is 4. The van der Waals surface area contributed by atoms with Gasteiger partial charge in [0.15, 0.2) is 0 Å². The van der Waals surface area contributed by atoms with Crippen molar-refractivity contribution in [1.29, 1.82) is 0 Å². The maximum Gasteiger partial charge on any atom is 0.407 e. The third kappa shape index (κ3) is 8.67. The van der Waals surface area contributed by atoms with Crippen molar-refractivity contribution in [3.05, 3.63) is 108 Å². The van der Waals surface area contributed by atoms with Gasteiger partial charge in [0.1, 0.15) is 23.7 Å². The minimum absolute atomic E-state index is 0.100. The molecular weight excluding hydrogens is 749 g/mol. The molecule has 5 unspecified atom stereocenters. The van der Waals surface area contributed by atoms with Crippen molar-refractivity contribution in [1.82, 2.24) is 40.4 Å². The smallest absolute Gasteiger partial charge is 0.407 e. The molecule has 310 valence electrons. The summed E-state index contributed by atoms with van der Waals surface area (Å²) < 4.78 is 9.54. The number of nitrogens with zero attached hydrogens (tertiary/aromatic N) is 4. The van der Waals surface area contributed by atoms with Crippen LogP contribution in [-0.4, -0.2) is 93.1 Å². The van der Waals surface area contributed by atoms with Crippen molar-refractivity contribution in [2.45, 2.75) is 77.5 Å². The first-order valence-electron chi connectivity index (χ1n) is 20.3. The molecule has 4 heterocycles. The number of H-pyrrole nitrogens is 2. The Hall–Kier alpha value is -6.18. The molecule has 0 bridgehead atoms. The van der Waals surface area contributed by atoms with Gasteiger partial charge in [0.25, 0.3) is 0 Å². The number of likely N-dealkylation sites (tertiary alicyclic amines) is 2. The molecule has 14 heteroatoms. The van der Waals surface area contributed by atoms with Gasteiger partial charge in [0.2, 0.25) is 11.8 Å². The first-order valence-corrected chi connectivity index (χ1v) is 20.3. The second-order valence-corrected chi connectivity index (χ2v) is 16.4. The van der Waals surface area contributed by atoms with Crippen LogP contribution in [0.15, 0.2) is 84.8 Å². The summed E-state index contributed by atoms with van der Waals surface area (Å²) in [5.41, 5.74) is 8.28. The molecule has 2 saturated heterocycles. The van der Waals surface area contributed by atoms with E-state index in [1.54, 1.807) is 11.1 Å². The number of ether oxygens (including phenoxy) is 2. The van der Waals surface area contributed by atoms with E-state index in [9.17, 15) is 19.2 Å². The van der Waals surface area contributed by atoms with Crippen molar-refractivity contribution in [2.24, 2.45) is 17.8 Å². The first kappa shape index (κ1) is 41.0. The summed E-state index contributed by atoms with van der Waals surface area (Å²) in [4.78, 5) is 71.2. The number of benzene rings is 1. The minimum atomic E-state index is -0.736. The standard InChI is InChI=1S/C45H54N8O6/c1-25(2)38(50-44(56)58-6)42(54)52-18-8-9-36(52)40-46-23-35(49-40)33-17-16-31-20-30(14-15-32(31)21-33)28-10-12-29(13-11-28)34-22-47-41(48-34)37-19-27(5)24-53(37)43(55)39(26(3)4)51-45(57)59-7/h10-17,20,22-23,25-26,32,36-39H,5,8-9,18-19,21,24H2,1-4,6-7H3,(H,46,49)(H,47,48)(H,50,56)(H,51,57). The summed E-state index contributed by atoms with van der Waals surface area (Å²) in [6.45, 7) is 12.7. The van der Waals surface area contributed by atoms with Crippen molar-refractivity contribution >= 4 is 35.1 Å². The lowest BCUT2D eigenvalue weighted by atomic mass is 9.81. The Kier molecular flexibility index (Phi) is 12.1. The van der Waals surface area contributed by atoms with Crippen molar-refractivity contribution in [2.75, 3.05) is 27.3 Å². The van der Waals surface area contributed by atoms with Gasteiger partial charge in [-0.3, -0.25) is 9.59 Å². The van der Waals surface area contributed by atoms with E-state index < -0.39 is 24.3 Å². The number of amides is 4. The predicted molar refractivity (Wildman–Crippen MR) is 224 cm³/mol. The van der Waals surface area contributed by atoms with E-state index in [0.717, 1.165) is 64.3 Å². The summed E-state index contributed by atoms with van der Waals surface area (Å²) in [7, 11) is 2.58. The van der Waals surface area contributed by atoms with Crippen LogP contribution in [0.2, 0.25) is 0 Å². The van der Waals surface area contributed by atoms with Crippen LogP contribution in [0.25, 0.3) is 22.4 Å². The molecule has 14 nitrogen and oxygen atoms in total. The summed E-state index contributed by atoms with van der Waals surface area (Å²) in [5, 5.41) is 5.40. The van der Waals surface area contributed by atoms with E-state index in [1.807, 2.05) is 38.8 Å². The Morgan fingerprint density at radius 3 is 2.03 bits per heavy atom. The maximum absolute atomic E-state index is 13.7. The van der Waals surface area contributed by atoms with E-state index in [2.05, 4.69) is 86.8 Å². The number of aromatic amines is 2. The lowest BCUT2D eigenvalue weighted by Crippen LogP contribution is -2.51. The van der Waals surface area contributed by atoms with E-state index in [0.29, 0.717) is 25.3 Å². The molecule has 2 aliphatic carbocycles. The van der Waals surface area contributed by atoms with E-state index in [4.69, 9.17) is 14.5 Å². The van der Waals surface area contributed by atoms with E-state index in [-0.39, 0.29) is 41.7 Å². The number of rotatable bonds is 11. The van der Waals surface area contributed by atoms with Crippen molar-refractivity contribution < 1.29 is 28.7 Å². The van der Waals surface area contributed by atoms with Gasteiger partial charge < -0.3 is 39.9 Å². The average Bonchev–Trinajstić information content (AvgIpc) is 4.08. The second-order valence-electron chi connectivity index (χ2n) is 16.4. The normalized spacial score (nSPS) is 21.1. The van der Waals surface area contributed by atoms with Gasteiger partial charge in [0, 0.05) is 19.0 Å². The highest BCUT2D eigenvalue weighted by molar-refractivity contribution is 5.87. The molecule has 0 radical (unpaired) electrons. The number of aromatic nitrogens is 4. The number of methoxy groups -OCH3 is 2. The maximum atomic E-state index is 13.7. The Bertz CT molecular complexity index is 2230. The molecule has 2 aliphatic heterocycles. The molecule has 4 aliphatic rings. The molecule has 2 fully saturated rings. The van der Waals surface area contributed by atoms with Crippen molar-refractivity contribution in [3.63, 3.8) is 0 Å². The fraction of sp³-hybridized carbons (Fsp3) is 0.422. The number of hydrogen-bond acceptors (Lipinski definition) is 8. The number of imidazole rings is 2. The highest BCUT2D eigenvalue weighted by Gasteiger charge is 2.40. The largest absolute Gasteiger partial charge is 0.453 e. The molecule has 4 N–H and O–H groups in total. The molecule has 0 saturated carbocycles. The second kappa shape index (κ2) is 17.4. The predicted octanol–water partition coefficient (Wildman–Crippen LogP) is 7.04. The Morgan fingerprint density at radius 2 is 1.39 bits per heavy atom. The van der Waals surface area contributed by atoms with Crippen LogP contribution >= 0.6 is 0 Å². The van der Waals surface area contributed by atoms with Crippen LogP contribution < -0.4 is 10.6 Å².